The molecule has 0 bridgehead atoms. The SMILES string of the molecule is COc1ccc(Oc2cc(NC(=O)c3ccn(COc4ccc(C)cc4C)n3)cc([N+](=O)[O-])c2)cc1. The van der Waals surface area contributed by atoms with Crippen LogP contribution in [0.25, 0.3) is 0 Å². The van der Waals surface area contributed by atoms with Crippen LogP contribution in [0.15, 0.2) is 72.9 Å². The number of ether oxygens (including phenoxy) is 3. The van der Waals surface area contributed by atoms with Gasteiger partial charge < -0.3 is 19.5 Å². The van der Waals surface area contributed by atoms with Crippen LogP contribution >= 0.6 is 0 Å². The van der Waals surface area contributed by atoms with Crippen molar-refractivity contribution in [1.29, 1.82) is 0 Å². The van der Waals surface area contributed by atoms with E-state index in [9.17, 15) is 14.9 Å². The van der Waals surface area contributed by atoms with Crippen LogP contribution in [0.5, 0.6) is 23.0 Å². The number of nitro benzene ring substituents is 1. The van der Waals surface area contributed by atoms with E-state index in [1.165, 1.54) is 28.9 Å². The summed E-state index contributed by atoms with van der Waals surface area (Å²) in [5, 5.41) is 18.3. The lowest BCUT2D eigenvalue weighted by Crippen LogP contribution is -2.14. The molecule has 0 spiro atoms. The van der Waals surface area contributed by atoms with Gasteiger partial charge >= 0.3 is 0 Å². The molecule has 0 saturated heterocycles. The number of anilines is 1. The van der Waals surface area contributed by atoms with E-state index in [4.69, 9.17) is 14.2 Å². The Balaban J connectivity index is 1.45. The molecule has 10 nitrogen and oxygen atoms in total. The number of carbonyl (C=O) groups excluding carboxylic acids is 1. The van der Waals surface area contributed by atoms with Gasteiger partial charge in [-0.15, -0.1) is 0 Å². The second-order valence-electron chi connectivity index (χ2n) is 7.99. The fraction of sp³-hybridized carbons (Fsp3) is 0.154. The zero-order valence-corrected chi connectivity index (χ0v) is 19.9. The Morgan fingerprint density at radius 2 is 1.75 bits per heavy atom. The van der Waals surface area contributed by atoms with Crippen molar-refractivity contribution in [2.24, 2.45) is 0 Å². The minimum atomic E-state index is -0.560. The molecule has 184 valence electrons. The lowest BCUT2D eigenvalue weighted by atomic mass is 10.1. The van der Waals surface area contributed by atoms with E-state index in [0.29, 0.717) is 11.5 Å². The number of nitrogens with zero attached hydrogens (tertiary/aromatic N) is 3. The van der Waals surface area contributed by atoms with Gasteiger partial charge in [0.15, 0.2) is 12.4 Å². The molecule has 0 unspecified atom stereocenters. The van der Waals surface area contributed by atoms with Crippen molar-refractivity contribution >= 4 is 17.3 Å². The normalized spacial score (nSPS) is 10.5. The van der Waals surface area contributed by atoms with Gasteiger partial charge in [0.25, 0.3) is 11.6 Å². The Bertz CT molecular complexity index is 1400. The van der Waals surface area contributed by atoms with Crippen LogP contribution in [0.1, 0.15) is 21.6 Å². The number of benzene rings is 3. The van der Waals surface area contributed by atoms with E-state index in [0.717, 1.165) is 16.9 Å². The number of amides is 1. The zero-order chi connectivity index (χ0) is 25.7. The topological polar surface area (TPSA) is 118 Å². The van der Waals surface area contributed by atoms with E-state index in [2.05, 4.69) is 10.4 Å². The Kier molecular flexibility index (Phi) is 7.15. The highest BCUT2D eigenvalue weighted by Crippen LogP contribution is 2.30. The van der Waals surface area contributed by atoms with Crippen molar-refractivity contribution in [3.8, 4) is 23.0 Å². The van der Waals surface area contributed by atoms with Gasteiger partial charge in [-0.2, -0.15) is 5.10 Å². The Hall–Kier alpha value is -4.86. The summed E-state index contributed by atoms with van der Waals surface area (Å²) in [5.74, 6) is 1.49. The van der Waals surface area contributed by atoms with Crippen LogP contribution in [-0.2, 0) is 6.73 Å². The Morgan fingerprint density at radius 1 is 1.00 bits per heavy atom. The molecule has 0 aliphatic heterocycles. The minimum Gasteiger partial charge on any atom is -0.497 e. The number of non-ortho nitro benzene ring substituents is 1. The highest BCUT2D eigenvalue weighted by atomic mass is 16.6. The molecule has 1 N–H and O–H groups in total. The summed E-state index contributed by atoms with van der Waals surface area (Å²) < 4.78 is 18.1. The van der Waals surface area contributed by atoms with Crippen LogP contribution in [0.4, 0.5) is 11.4 Å². The largest absolute Gasteiger partial charge is 0.497 e. The molecule has 0 aliphatic rings. The molecule has 0 atom stereocenters. The first-order valence-electron chi connectivity index (χ1n) is 11.0. The van der Waals surface area contributed by atoms with Crippen LogP contribution in [0, 0.1) is 24.0 Å². The van der Waals surface area contributed by atoms with Gasteiger partial charge in [0.2, 0.25) is 0 Å². The summed E-state index contributed by atoms with van der Waals surface area (Å²) in [6.45, 7) is 4.08. The number of aromatic nitrogens is 2. The first kappa shape index (κ1) is 24.3. The van der Waals surface area contributed by atoms with Gasteiger partial charge in [0, 0.05) is 18.3 Å². The maximum absolute atomic E-state index is 12.8. The average Bonchev–Trinajstić information content (AvgIpc) is 3.33. The highest BCUT2D eigenvalue weighted by molar-refractivity contribution is 6.03. The molecule has 36 heavy (non-hydrogen) atoms. The van der Waals surface area contributed by atoms with Gasteiger partial charge in [-0.3, -0.25) is 14.9 Å². The van der Waals surface area contributed by atoms with Crippen molar-refractivity contribution in [2.45, 2.75) is 20.6 Å². The van der Waals surface area contributed by atoms with Crippen molar-refractivity contribution in [1.82, 2.24) is 9.78 Å². The maximum atomic E-state index is 12.8. The van der Waals surface area contributed by atoms with Gasteiger partial charge in [-0.25, -0.2) is 4.68 Å². The lowest BCUT2D eigenvalue weighted by Gasteiger charge is -2.10. The minimum absolute atomic E-state index is 0.119. The number of nitrogens with one attached hydrogen (secondary N) is 1. The monoisotopic (exact) mass is 488 g/mol. The van der Waals surface area contributed by atoms with Gasteiger partial charge in [0.1, 0.15) is 23.0 Å². The van der Waals surface area contributed by atoms with Crippen molar-refractivity contribution in [3.05, 3.63) is 99.9 Å². The third kappa shape index (κ3) is 5.98. The van der Waals surface area contributed by atoms with E-state index < -0.39 is 10.8 Å². The number of rotatable bonds is 9. The summed E-state index contributed by atoms with van der Waals surface area (Å²) in [7, 11) is 1.55. The van der Waals surface area contributed by atoms with Crippen LogP contribution in [0.3, 0.4) is 0 Å². The molecule has 10 heteroatoms. The van der Waals surface area contributed by atoms with Gasteiger partial charge in [0.05, 0.1) is 23.8 Å². The molecule has 1 aromatic heterocycles. The second kappa shape index (κ2) is 10.6. The number of methoxy groups -OCH3 is 1. The molecule has 0 radical (unpaired) electrons. The van der Waals surface area contributed by atoms with Crippen molar-refractivity contribution in [3.63, 3.8) is 0 Å². The van der Waals surface area contributed by atoms with E-state index in [1.54, 1.807) is 37.6 Å². The molecule has 1 amide bonds. The fourth-order valence-corrected chi connectivity index (χ4v) is 3.45. The summed E-state index contributed by atoms with van der Waals surface area (Å²) in [6.07, 6.45) is 1.62. The third-order valence-corrected chi connectivity index (χ3v) is 5.21. The number of hydrogen-bond donors (Lipinski definition) is 1. The first-order valence-corrected chi connectivity index (χ1v) is 11.0. The number of aryl methyl sites for hydroxylation is 2. The molecule has 0 saturated carbocycles. The summed E-state index contributed by atoms with van der Waals surface area (Å²) in [6, 6.07) is 18.2. The number of hydrogen-bond acceptors (Lipinski definition) is 7. The third-order valence-electron chi connectivity index (χ3n) is 5.21. The molecular weight excluding hydrogens is 464 g/mol. The predicted molar refractivity (Wildman–Crippen MR) is 133 cm³/mol. The number of carbonyl (C=O) groups is 1. The molecule has 0 fully saturated rings. The average molecular weight is 489 g/mol. The quantitative estimate of drug-likeness (QED) is 0.244. The van der Waals surface area contributed by atoms with Crippen LogP contribution in [-0.4, -0.2) is 27.7 Å². The fourth-order valence-electron chi connectivity index (χ4n) is 3.45. The Morgan fingerprint density at radius 3 is 2.44 bits per heavy atom. The summed E-state index contributed by atoms with van der Waals surface area (Å²) in [5.41, 5.74) is 2.22. The van der Waals surface area contributed by atoms with Gasteiger partial charge in [-0.1, -0.05) is 17.7 Å². The maximum Gasteiger partial charge on any atom is 0.276 e. The highest BCUT2D eigenvalue weighted by Gasteiger charge is 2.16. The molecular formula is C26H24N4O6. The predicted octanol–water partition coefficient (Wildman–Crippen LogP) is 5.50. The second-order valence-corrected chi connectivity index (χ2v) is 7.99. The van der Waals surface area contributed by atoms with E-state index >= 15 is 0 Å². The van der Waals surface area contributed by atoms with Crippen molar-refractivity contribution in [2.75, 3.05) is 12.4 Å². The molecule has 0 aliphatic carbocycles. The summed E-state index contributed by atoms with van der Waals surface area (Å²) >= 11 is 0. The summed E-state index contributed by atoms with van der Waals surface area (Å²) in [4.78, 5) is 23.6. The smallest absolute Gasteiger partial charge is 0.276 e. The van der Waals surface area contributed by atoms with E-state index in [1.807, 2.05) is 32.0 Å². The zero-order valence-electron chi connectivity index (χ0n) is 19.9. The van der Waals surface area contributed by atoms with Crippen molar-refractivity contribution < 1.29 is 23.9 Å². The van der Waals surface area contributed by atoms with Crippen LogP contribution < -0.4 is 19.5 Å². The van der Waals surface area contributed by atoms with Crippen LogP contribution in [0.2, 0.25) is 0 Å². The lowest BCUT2D eigenvalue weighted by molar-refractivity contribution is -0.384. The molecule has 4 aromatic rings. The molecule has 1 heterocycles. The first-order chi connectivity index (χ1) is 17.3. The van der Waals surface area contributed by atoms with Gasteiger partial charge in [-0.05, 0) is 55.8 Å². The van der Waals surface area contributed by atoms with E-state index in [-0.39, 0.29) is 29.5 Å². The Labute approximate surface area is 207 Å². The standard InChI is InChI=1S/C26H24N4O6/c1-17-4-9-25(18(2)12-17)35-16-29-11-10-24(28-29)26(31)27-19-13-20(30(32)33)15-23(14-19)36-22-7-5-21(34-3)6-8-22/h4-15H,16H2,1-3H3,(H,27,31). The molecule has 4 rings (SSSR count). The number of nitro groups is 1. The molecule has 3 aromatic carbocycles.